The van der Waals surface area contributed by atoms with Crippen molar-refractivity contribution in [1.82, 2.24) is 5.32 Å². The number of anilines is 1. The van der Waals surface area contributed by atoms with Gasteiger partial charge in [0, 0.05) is 16.8 Å². The Kier molecular flexibility index (Phi) is 3.33. The van der Waals surface area contributed by atoms with Gasteiger partial charge in [0.1, 0.15) is 0 Å². The van der Waals surface area contributed by atoms with Gasteiger partial charge in [0.2, 0.25) is 0 Å². The van der Waals surface area contributed by atoms with E-state index >= 15 is 0 Å². The fraction of sp³-hybridized carbons (Fsp3) is 0.462. The standard InChI is InChI=1S/C13H19N3O/c1-13(8-2-3-9-13)15-12(17)10-4-6-11(16-14)7-5-10/h4-7,16H,2-3,8-9,14H2,1H3,(H,15,17). The lowest BCUT2D eigenvalue weighted by Crippen LogP contribution is -2.43. The predicted octanol–water partition coefficient (Wildman–Crippen LogP) is 2.03. The van der Waals surface area contributed by atoms with Crippen LogP contribution in [0.25, 0.3) is 0 Å². The summed E-state index contributed by atoms with van der Waals surface area (Å²) in [6.45, 7) is 2.12. The zero-order chi connectivity index (χ0) is 12.3. The first-order chi connectivity index (χ1) is 8.13. The topological polar surface area (TPSA) is 67.2 Å². The Labute approximate surface area is 102 Å². The Morgan fingerprint density at radius 3 is 2.35 bits per heavy atom. The van der Waals surface area contributed by atoms with Gasteiger partial charge in [-0.1, -0.05) is 12.8 Å². The second kappa shape index (κ2) is 4.75. The number of nitrogens with one attached hydrogen (secondary N) is 2. The van der Waals surface area contributed by atoms with Gasteiger partial charge in [-0.3, -0.25) is 10.6 Å². The summed E-state index contributed by atoms with van der Waals surface area (Å²) in [5.74, 6) is 5.28. The van der Waals surface area contributed by atoms with Crippen molar-refractivity contribution in [3.8, 4) is 0 Å². The second-order valence-corrected chi connectivity index (χ2v) is 4.94. The summed E-state index contributed by atoms with van der Waals surface area (Å²) in [5.41, 5.74) is 3.99. The van der Waals surface area contributed by atoms with Crippen molar-refractivity contribution in [2.24, 2.45) is 5.84 Å². The van der Waals surface area contributed by atoms with E-state index in [0.717, 1.165) is 18.5 Å². The van der Waals surface area contributed by atoms with E-state index in [2.05, 4.69) is 17.7 Å². The summed E-state index contributed by atoms with van der Waals surface area (Å²) in [7, 11) is 0. The molecule has 1 aromatic rings. The lowest BCUT2D eigenvalue weighted by molar-refractivity contribution is 0.0908. The molecule has 4 nitrogen and oxygen atoms in total. The number of amides is 1. The molecule has 17 heavy (non-hydrogen) atoms. The molecule has 0 aromatic heterocycles. The van der Waals surface area contributed by atoms with Gasteiger partial charge >= 0.3 is 0 Å². The minimum absolute atomic E-state index is 0.00188. The molecule has 0 saturated heterocycles. The Bertz CT molecular complexity index is 394. The quantitative estimate of drug-likeness (QED) is 0.553. The van der Waals surface area contributed by atoms with Crippen molar-refractivity contribution in [1.29, 1.82) is 0 Å². The summed E-state index contributed by atoms with van der Waals surface area (Å²) >= 11 is 0. The largest absolute Gasteiger partial charge is 0.347 e. The third-order valence-electron chi connectivity index (χ3n) is 3.44. The number of benzene rings is 1. The van der Waals surface area contributed by atoms with Gasteiger partial charge in [0.25, 0.3) is 5.91 Å². The van der Waals surface area contributed by atoms with Crippen molar-refractivity contribution < 1.29 is 4.79 Å². The number of nitrogen functional groups attached to an aromatic ring is 1. The highest BCUT2D eigenvalue weighted by Crippen LogP contribution is 2.29. The third-order valence-corrected chi connectivity index (χ3v) is 3.44. The summed E-state index contributed by atoms with van der Waals surface area (Å²) in [6, 6.07) is 7.16. The molecule has 2 rings (SSSR count). The Balaban J connectivity index is 2.03. The number of hydrazine groups is 1. The molecule has 92 valence electrons. The van der Waals surface area contributed by atoms with Gasteiger partial charge < -0.3 is 10.7 Å². The molecule has 1 aliphatic carbocycles. The van der Waals surface area contributed by atoms with Crippen LogP contribution >= 0.6 is 0 Å². The van der Waals surface area contributed by atoms with Crippen LogP contribution in [0.5, 0.6) is 0 Å². The molecule has 0 atom stereocenters. The zero-order valence-corrected chi connectivity index (χ0v) is 10.1. The van der Waals surface area contributed by atoms with Crippen LogP contribution in [0.3, 0.4) is 0 Å². The zero-order valence-electron chi connectivity index (χ0n) is 10.1. The maximum atomic E-state index is 12.0. The molecule has 4 heteroatoms. The highest BCUT2D eigenvalue weighted by atomic mass is 16.1. The molecule has 1 amide bonds. The molecule has 1 aromatic carbocycles. The molecule has 0 heterocycles. The Hall–Kier alpha value is -1.55. The summed E-state index contributed by atoms with van der Waals surface area (Å²) in [4.78, 5) is 12.0. The Morgan fingerprint density at radius 1 is 1.24 bits per heavy atom. The summed E-state index contributed by atoms with van der Waals surface area (Å²) in [6.07, 6.45) is 4.54. The van der Waals surface area contributed by atoms with Gasteiger partial charge in [0.15, 0.2) is 0 Å². The maximum absolute atomic E-state index is 12.0. The first-order valence-corrected chi connectivity index (χ1v) is 6.02. The highest BCUT2D eigenvalue weighted by Gasteiger charge is 2.30. The summed E-state index contributed by atoms with van der Waals surface area (Å²) in [5, 5.41) is 3.12. The van der Waals surface area contributed by atoms with E-state index in [1.54, 1.807) is 24.3 Å². The molecule has 0 bridgehead atoms. The van der Waals surface area contributed by atoms with E-state index in [9.17, 15) is 4.79 Å². The van der Waals surface area contributed by atoms with E-state index in [1.807, 2.05) is 0 Å². The normalized spacial score (nSPS) is 17.8. The van der Waals surface area contributed by atoms with Crippen molar-refractivity contribution >= 4 is 11.6 Å². The fourth-order valence-electron chi connectivity index (χ4n) is 2.34. The minimum Gasteiger partial charge on any atom is -0.347 e. The summed E-state index contributed by atoms with van der Waals surface area (Å²) < 4.78 is 0. The lowest BCUT2D eigenvalue weighted by Gasteiger charge is -2.25. The molecule has 4 N–H and O–H groups in total. The molecule has 1 saturated carbocycles. The minimum atomic E-state index is -0.0259. The number of hydrogen-bond donors (Lipinski definition) is 3. The maximum Gasteiger partial charge on any atom is 0.251 e. The second-order valence-electron chi connectivity index (χ2n) is 4.94. The van der Waals surface area contributed by atoms with E-state index in [-0.39, 0.29) is 11.4 Å². The van der Waals surface area contributed by atoms with E-state index in [4.69, 9.17) is 5.84 Å². The molecule has 1 aliphatic rings. The first kappa shape index (κ1) is 11.9. The van der Waals surface area contributed by atoms with Crippen LogP contribution in [0, 0.1) is 0 Å². The van der Waals surface area contributed by atoms with Gasteiger partial charge in [0.05, 0.1) is 0 Å². The molecular weight excluding hydrogens is 214 g/mol. The monoisotopic (exact) mass is 233 g/mol. The van der Waals surface area contributed by atoms with E-state index in [0.29, 0.717) is 5.56 Å². The SMILES string of the molecule is CC1(NC(=O)c2ccc(NN)cc2)CCCC1. The number of rotatable bonds is 3. The van der Waals surface area contributed by atoms with Crippen LogP contribution in [-0.4, -0.2) is 11.4 Å². The van der Waals surface area contributed by atoms with Crippen molar-refractivity contribution in [2.45, 2.75) is 38.1 Å². The van der Waals surface area contributed by atoms with Crippen LogP contribution in [0.4, 0.5) is 5.69 Å². The average Bonchev–Trinajstić information content (AvgIpc) is 2.76. The van der Waals surface area contributed by atoms with Gasteiger partial charge in [-0.15, -0.1) is 0 Å². The van der Waals surface area contributed by atoms with E-state index < -0.39 is 0 Å². The Morgan fingerprint density at radius 2 is 1.82 bits per heavy atom. The van der Waals surface area contributed by atoms with Crippen LogP contribution in [0.1, 0.15) is 43.0 Å². The highest BCUT2D eigenvalue weighted by molar-refractivity contribution is 5.95. The first-order valence-electron chi connectivity index (χ1n) is 6.02. The van der Waals surface area contributed by atoms with Crippen LogP contribution in [0.15, 0.2) is 24.3 Å². The van der Waals surface area contributed by atoms with Crippen LogP contribution in [-0.2, 0) is 0 Å². The number of carbonyl (C=O) groups excluding carboxylic acids is 1. The number of carbonyl (C=O) groups is 1. The van der Waals surface area contributed by atoms with Crippen molar-refractivity contribution in [2.75, 3.05) is 5.43 Å². The molecular formula is C13H19N3O. The van der Waals surface area contributed by atoms with Gasteiger partial charge in [-0.2, -0.15) is 0 Å². The number of hydrogen-bond acceptors (Lipinski definition) is 3. The molecule has 0 unspecified atom stereocenters. The van der Waals surface area contributed by atoms with Gasteiger partial charge in [-0.05, 0) is 44.0 Å². The van der Waals surface area contributed by atoms with Crippen LogP contribution in [0.2, 0.25) is 0 Å². The number of nitrogens with two attached hydrogens (primary N) is 1. The van der Waals surface area contributed by atoms with Crippen molar-refractivity contribution in [3.63, 3.8) is 0 Å². The smallest absolute Gasteiger partial charge is 0.251 e. The third kappa shape index (κ3) is 2.77. The molecule has 0 aliphatic heterocycles. The molecule has 0 radical (unpaired) electrons. The molecule has 1 fully saturated rings. The van der Waals surface area contributed by atoms with Crippen LogP contribution < -0.4 is 16.6 Å². The lowest BCUT2D eigenvalue weighted by atomic mass is 10.00. The molecule has 0 spiro atoms. The van der Waals surface area contributed by atoms with Crippen molar-refractivity contribution in [3.05, 3.63) is 29.8 Å². The van der Waals surface area contributed by atoms with E-state index in [1.165, 1.54) is 12.8 Å². The fourth-order valence-corrected chi connectivity index (χ4v) is 2.34. The predicted molar refractivity (Wildman–Crippen MR) is 68.6 cm³/mol. The average molecular weight is 233 g/mol. The van der Waals surface area contributed by atoms with Gasteiger partial charge in [-0.25, -0.2) is 0 Å².